The van der Waals surface area contributed by atoms with E-state index in [0.29, 0.717) is 24.2 Å². The second kappa shape index (κ2) is 4.85. The smallest absolute Gasteiger partial charge is 0.414 e. The number of cyclic esters (lactones) is 1. The van der Waals surface area contributed by atoms with Gasteiger partial charge >= 0.3 is 6.09 Å². The lowest BCUT2D eigenvalue weighted by atomic mass is 10.1. The van der Waals surface area contributed by atoms with Crippen molar-refractivity contribution in [2.45, 2.75) is 12.5 Å². The zero-order valence-electron chi connectivity index (χ0n) is 9.17. The third-order valence-electron chi connectivity index (χ3n) is 2.68. The van der Waals surface area contributed by atoms with Gasteiger partial charge in [0.25, 0.3) is 0 Å². The molecule has 5 nitrogen and oxygen atoms in total. The maximum atomic E-state index is 11.7. The lowest BCUT2D eigenvalue weighted by Gasteiger charge is -2.31. The summed E-state index contributed by atoms with van der Waals surface area (Å²) in [6, 6.07) is 8.91. The van der Waals surface area contributed by atoms with Crippen LogP contribution in [-0.2, 0) is 4.74 Å². The lowest BCUT2D eigenvalue weighted by molar-refractivity contribution is 0.0453. The average molecular weight is 232 g/mol. The van der Waals surface area contributed by atoms with Crippen LogP contribution in [0.1, 0.15) is 12.0 Å². The Morgan fingerprint density at radius 2 is 2.29 bits per heavy atom. The fourth-order valence-corrected chi connectivity index (χ4v) is 1.78. The Morgan fingerprint density at radius 3 is 2.94 bits per heavy atom. The van der Waals surface area contributed by atoms with Gasteiger partial charge in [0.2, 0.25) is 0 Å². The van der Waals surface area contributed by atoms with Crippen molar-refractivity contribution in [2.24, 2.45) is 0 Å². The quantitative estimate of drug-likeness (QED) is 0.833. The van der Waals surface area contributed by atoms with Gasteiger partial charge < -0.3 is 9.84 Å². The molecule has 1 saturated heterocycles. The van der Waals surface area contributed by atoms with Crippen LogP contribution in [0.5, 0.6) is 0 Å². The van der Waals surface area contributed by atoms with E-state index in [0.717, 1.165) is 0 Å². The number of anilines is 1. The third kappa shape index (κ3) is 2.22. The highest BCUT2D eigenvalue weighted by Crippen LogP contribution is 2.24. The molecule has 1 amide bonds. The number of benzene rings is 1. The molecule has 1 fully saturated rings. The number of ether oxygens (including phenoxy) is 1. The molecule has 1 atom stereocenters. The summed E-state index contributed by atoms with van der Waals surface area (Å²) < 4.78 is 5.03. The molecule has 2 rings (SSSR count). The Kier molecular flexibility index (Phi) is 3.26. The number of hydrogen-bond acceptors (Lipinski definition) is 4. The number of aliphatic hydroxyl groups is 1. The number of para-hydroxylation sites is 1. The van der Waals surface area contributed by atoms with Crippen LogP contribution in [0, 0.1) is 11.3 Å². The van der Waals surface area contributed by atoms with Gasteiger partial charge in [-0.2, -0.15) is 5.26 Å². The van der Waals surface area contributed by atoms with Gasteiger partial charge in [-0.1, -0.05) is 12.1 Å². The number of carbonyl (C=O) groups is 1. The summed E-state index contributed by atoms with van der Waals surface area (Å²) in [6.07, 6.45) is -0.395. The van der Waals surface area contributed by atoms with Crippen molar-refractivity contribution in [3.63, 3.8) is 0 Å². The molecule has 0 spiro atoms. The van der Waals surface area contributed by atoms with Crippen LogP contribution < -0.4 is 4.90 Å². The van der Waals surface area contributed by atoms with Crippen molar-refractivity contribution in [1.29, 1.82) is 5.26 Å². The molecule has 0 saturated carbocycles. The van der Waals surface area contributed by atoms with E-state index < -0.39 is 12.2 Å². The maximum absolute atomic E-state index is 11.7. The standard InChI is InChI=1S/C12H12N2O3/c13-7-9-3-1-2-4-11(9)14-6-5-10(8-15)17-12(14)16/h1-4,10,15H,5-6,8H2. The predicted octanol–water partition coefficient (Wildman–Crippen LogP) is 1.27. The molecule has 5 heteroatoms. The van der Waals surface area contributed by atoms with E-state index in [1.165, 1.54) is 4.90 Å². The average Bonchev–Trinajstić information content (AvgIpc) is 2.38. The van der Waals surface area contributed by atoms with Gasteiger partial charge in [0.05, 0.1) is 17.9 Å². The zero-order chi connectivity index (χ0) is 12.3. The van der Waals surface area contributed by atoms with E-state index >= 15 is 0 Å². The summed E-state index contributed by atoms with van der Waals surface area (Å²) in [5, 5.41) is 17.9. The minimum atomic E-state index is -0.516. The van der Waals surface area contributed by atoms with Crippen molar-refractivity contribution in [2.75, 3.05) is 18.1 Å². The van der Waals surface area contributed by atoms with E-state index in [1.807, 2.05) is 6.07 Å². The molecular weight excluding hydrogens is 220 g/mol. The Balaban J connectivity index is 2.24. The molecule has 1 heterocycles. The highest BCUT2D eigenvalue weighted by Gasteiger charge is 2.28. The van der Waals surface area contributed by atoms with Crippen LogP contribution in [0.3, 0.4) is 0 Å². The van der Waals surface area contributed by atoms with E-state index in [4.69, 9.17) is 15.1 Å². The Bertz CT molecular complexity index is 467. The van der Waals surface area contributed by atoms with Gasteiger partial charge in [-0.05, 0) is 12.1 Å². The zero-order valence-corrected chi connectivity index (χ0v) is 9.17. The van der Waals surface area contributed by atoms with E-state index in [2.05, 4.69) is 0 Å². The molecule has 1 aliphatic heterocycles. The second-order valence-electron chi connectivity index (χ2n) is 3.76. The number of nitriles is 1. The molecule has 17 heavy (non-hydrogen) atoms. The van der Waals surface area contributed by atoms with Crippen LogP contribution in [0.25, 0.3) is 0 Å². The first-order valence-electron chi connectivity index (χ1n) is 5.34. The summed E-state index contributed by atoms with van der Waals surface area (Å²) in [5.74, 6) is 0. The maximum Gasteiger partial charge on any atom is 0.414 e. The SMILES string of the molecule is N#Cc1ccccc1N1CCC(CO)OC1=O. The Morgan fingerprint density at radius 1 is 1.53 bits per heavy atom. The number of aliphatic hydroxyl groups excluding tert-OH is 1. The molecule has 0 aliphatic carbocycles. The number of carbonyl (C=O) groups excluding carboxylic acids is 1. The van der Waals surface area contributed by atoms with Crippen molar-refractivity contribution in [3.05, 3.63) is 29.8 Å². The van der Waals surface area contributed by atoms with Gasteiger partial charge in [0.1, 0.15) is 12.2 Å². The monoisotopic (exact) mass is 232 g/mol. The fourth-order valence-electron chi connectivity index (χ4n) is 1.78. The lowest BCUT2D eigenvalue weighted by Crippen LogP contribution is -2.43. The first-order valence-corrected chi connectivity index (χ1v) is 5.34. The normalized spacial score (nSPS) is 19.6. The van der Waals surface area contributed by atoms with Crippen LogP contribution >= 0.6 is 0 Å². The van der Waals surface area contributed by atoms with E-state index in [9.17, 15) is 4.79 Å². The van der Waals surface area contributed by atoms with Crippen LogP contribution in [0.2, 0.25) is 0 Å². The number of amides is 1. The molecule has 1 aromatic carbocycles. The summed E-state index contributed by atoms with van der Waals surface area (Å²) in [7, 11) is 0. The van der Waals surface area contributed by atoms with Gasteiger partial charge in [-0.25, -0.2) is 4.79 Å². The molecule has 1 unspecified atom stereocenters. The second-order valence-corrected chi connectivity index (χ2v) is 3.76. The molecule has 0 aromatic heterocycles. The highest BCUT2D eigenvalue weighted by molar-refractivity contribution is 5.90. The van der Waals surface area contributed by atoms with Gasteiger partial charge in [0, 0.05) is 13.0 Å². The van der Waals surface area contributed by atoms with Gasteiger partial charge in [-0.15, -0.1) is 0 Å². The summed E-state index contributed by atoms with van der Waals surface area (Å²) in [4.78, 5) is 13.1. The van der Waals surface area contributed by atoms with E-state index in [-0.39, 0.29) is 6.61 Å². The Labute approximate surface area is 98.8 Å². The predicted molar refractivity (Wildman–Crippen MR) is 60.5 cm³/mol. The van der Waals surface area contributed by atoms with Crippen molar-refractivity contribution in [1.82, 2.24) is 0 Å². The number of hydrogen-bond donors (Lipinski definition) is 1. The van der Waals surface area contributed by atoms with Crippen LogP contribution in [0.4, 0.5) is 10.5 Å². The molecule has 0 bridgehead atoms. The fraction of sp³-hybridized carbons (Fsp3) is 0.333. The number of nitrogens with zero attached hydrogens (tertiary/aromatic N) is 2. The minimum absolute atomic E-state index is 0.167. The summed E-state index contributed by atoms with van der Waals surface area (Å²) in [6.45, 7) is 0.280. The third-order valence-corrected chi connectivity index (χ3v) is 2.68. The summed E-state index contributed by atoms with van der Waals surface area (Å²) >= 11 is 0. The molecular formula is C12H12N2O3. The van der Waals surface area contributed by atoms with Crippen LogP contribution in [-0.4, -0.2) is 30.5 Å². The Hall–Kier alpha value is -2.06. The summed E-state index contributed by atoms with van der Waals surface area (Å²) in [5.41, 5.74) is 0.989. The molecule has 1 aliphatic rings. The first-order chi connectivity index (χ1) is 8.26. The largest absolute Gasteiger partial charge is 0.443 e. The topological polar surface area (TPSA) is 73.6 Å². The van der Waals surface area contributed by atoms with Crippen molar-refractivity contribution >= 4 is 11.8 Å². The van der Waals surface area contributed by atoms with E-state index in [1.54, 1.807) is 24.3 Å². The molecule has 1 N–H and O–H groups in total. The van der Waals surface area contributed by atoms with Crippen molar-refractivity contribution in [3.8, 4) is 6.07 Å². The highest BCUT2D eigenvalue weighted by atomic mass is 16.6. The first kappa shape index (κ1) is 11.4. The van der Waals surface area contributed by atoms with Crippen molar-refractivity contribution < 1.29 is 14.6 Å². The minimum Gasteiger partial charge on any atom is -0.443 e. The van der Waals surface area contributed by atoms with Gasteiger partial charge in [-0.3, -0.25) is 4.90 Å². The molecule has 88 valence electrons. The van der Waals surface area contributed by atoms with Gasteiger partial charge in [0.15, 0.2) is 0 Å². The molecule has 1 aromatic rings. The molecule has 0 radical (unpaired) electrons. The number of rotatable bonds is 2. The van der Waals surface area contributed by atoms with Crippen LogP contribution in [0.15, 0.2) is 24.3 Å².